The van der Waals surface area contributed by atoms with Crippen LogP contribution in [0.2, 0.25) is 0 Å². The Morgan fingerprint density at radius 3 is 2.90 bits per heavy atom. The second-order valence-electron chi connectivity index (χ2n) is 6.26. The standard InChI is InChI=1S/C19H26N2/c1-2-15-7-3-4-11-18(15)20-14-12-17-9-5-8-16-10-6-13-21-19(16)17/h5-6,8-10,13,15,18,20H,2-4,7,11-12,14H2,1H3. The maximum atomic E-state index is 4.55. The smallest absolute Gasteiger partial charge is 0.0734 e. The number of hydrogen-bond donors (Lipinski definition) is 1. The van der Waals surface area contributed by atoms with Crippen LogP contribution in [0, 0.1) is 5.92 Å². The average molecular weight is 282 g/mol. The van der Waals surface area contributed by atoms with Crippen molar-refractivity contribution in [2.75, 3.05) is 6.54 Å². The highest BCUT2D eigenvalue weighted by Crippen LogP contribution is 2.26. The molecule has 1 fully saturated rings. The first-order valence-electron chi connectivity index (χ1n) is 8.44. The number of nitrogens with zero attached hydrogens (tertiary/aromatic N) is 1. The van der Waals surface area contributed by atoms with Crippen molar-refractivity contribution >= 4 is 10.9 Å². The molecule has 1 aliphatic rings. The van der Waals surface area contributed by atoms with Gasteiger partial charge in [-0.3, -0.25) is 4.98 Å². The topological polar surface area (TPSA) is 24.9 Å². The summed E-state index contributed by atoms with van der Waals surface area (Å²) in [4.78, 5) is 4.55. The minimum absolute atomic E-state index is 0.728. The molecule has 0 radical (unpaired) electrons. The summed E-state index contributed by atoms with van der Waals surface area (Å²) in [5.41, 5.74) is 2.53. The number of hydrogen-bond acceptors (Lipinski definition) is 2. The number of rotatable bonds is 5. The fraction of sp³-hybridized carbons (Fsp3) is 0.526. The van der Waals surface area contributed by atoms with E-state index in [0.29, 0.717) is 0 Å². The van der Waals surface area contributed by atoms with Crippen molar-refractivity contribution in [3.63, 3.8) is 0 Å². The van der Waals surface area contributed by atoms with E-state index in [-0.39, 0.29) is 0 Å². The van der Waals surface area contributed by atoms with Crippen LogP contribution in [0.1, 0.15) is 44.6 Å². The number of aromatic nitrogens is 1. The first kappa shape index (κ1) is 14.5. The Bertz CT molecular complexity index is 573. The average Bonchev–Trinajstić information content (AvgIpc) is 2.55. The normalized spacial score (nSPS) is 22.5. The molecule has 0 bridgehead atoms. The molecule has 1 saturated carbocycles. The lowest BCUT2D eigenvalue weighted by Crippen LogP contribution is -2.39. The number of benzene rings is 1. The fourth-order valence-electron chi connectivity index (χ4n) is 3.73. The van der Waals surface area contributed by atoms with E-state index < -0.39 is 0 Å². The highest BCUT2D eigenvalue weighted by atomic mass is 14.9. The van der Waals surface area contributed by atoms with Crippen LogP contribution in [0.5, 0.6) is 0 Å². The van der Waals surface area contributed by atoms with Crippen LogP contribution in [-0.4, -0.2) is 17.6 Å². The number of pyridine rings is 1. The lowest BCUT2D eigenvalue weighted by molar-refractivity contribution is 0.257. The summed E-state index contributed by atoms with van der Waals surface area (Å²) in [7, 11) is 0. The SMILES string of the molecule is CCC1CCCCC1NCCc1cccc2cccnc12. The largest absolute Gasteiger partial charge is 0.313 e. The molecule has 1 aromatic heterocycles. The minimum Gasteiger partial charge on any atom is -0.313 e. The molecule has 1 aliphatic carbocycles. The van der Waals surface area contributed by atoms with E-state index >= 15 is 0 Å². The molecule has 0 amide bonds. The van der Waals surface area contributed by atoms with Crippen LogP contribution in [0.4, 0.5) is 0 Å². The van der Waals surface area contributed by atoms with Gasteiger partial charge in [-0.05, 0) is 43.4 Å². The number of fused-ring (bicyclic) bond motifs is 1. The summed E-state index contributed by atoms with van der Waals surface area (Å²) in [6.07, 6.45) is 9.85. The van der Waals surface area contributed by atoms with Gasteiger partial charge in [0, 0.05) is 17.6 Å². The predicted octanol–water partition coefficient (Wildman–Crippen LogP) is 4.34. The Morgan fingerprint density at radius 1 is 1.14 bits per heavy atom. The maximum absolute atomic E-state index is 4.55. The molecule has 3 rings (SSSR count). The summed E-state index contributed by atoms with van der Waals surface area (Å²) >= 11 is 0. The van der Waals surface area contributed by atoms with E-state index in [2.05, 4.69) is 41.5 Å². The third-order valence-corrected chi connectivity index (χ3v) is 4.95. The lowest BCUT2D eigenvalue weighted by Gasteiger charge is -2.31. The van der Waals surface area contributed by atoms with Crippen LogP contribution >= 0.6 is 0 Å². The van der Waals surface area contributed by atoms with Crippen molar-refractivity contribution in [3.05, 3.63) is 42.1 Å². The molecule has 1 N–H and O–H groups in total. The summed E-state index contributed by atoms with van der Waals surface area (Å²) in [5.74, 6) is 0.879. The van der Waals surface area contributed by atoms with Gasteiger partial charge in [-0.15, -0.1) is 0 Å². The number of para-hydroxylation sites is 1. The molecule has 2 atom stereocenters. The van der Waals surface area contributed by atoms with E-state index in [4.69, 9.17) is 0 Å². The van der Waals surface area contributed by atoms with Crippen LogP contribution in [0.15, 0.2) is 36.5 Å². The lowest BCUT2D eigenvalue weighted by atomic mass is 9.83. The van der Waals surface area contributed by atoms with Gasteiger partial charge >= 0.3 is 0 Å². The quantitative estimate of drug-likeness (QED) is 0.882. The van der Waals surface area contributed by atoms with Crippen molar-refractivity contribution in [2.45, 2.75) is 51.5 Å². The summed E-state index contributed by atoms with van der Waals surface area (Å²) in [6, 6.07) is 11.4. The van der Waals surface area contributed by atoms with E-state index in [1.807, 2.05) is 12.3 Å². The van der Waals surface area contributed by atoms with E-state index in [1.165, 1.54) is 43.1 Å². The Kier molecular flexibility index (Phi) is 4.87. The molecule has 1 heterocycles. The van der Waals surface area contributed by atoms with E-state index in [9.17, 15) is 0 Å². The Balaban J connectivity index is 1.61. The zero-order chi connectivity index (χ0) is 14.5. The van der Waals surface area contributed by atoms with Gasteiger partial charge in [-0.1, -0.05) is 50.5 Å². The molecule has 2 nitrogen and oxygen atoms in total. The first-order valence-corrected chi connectivity index (χ1v) is 8.44. The molecule has 112 valence electrons. The van der Waals surface area contributed by atoms with Crippen molar-refractivity contribution in [1.29, 1.82) is 0 Å². The molecular formula is C19H26N2. The minimum atomic E-state index is 0.728. The summed E-state index contributed by atoms with van der Waals surface area (Å²) < 4.78 is 0. The molecule has 0 aliphatic heterocycles. The Hall–Kier alpha value is -1.41. The van der Waals surface area contributed by atoms with Crippen LogP contribution in [0.3, 0.4) is 0 Å². The molecular weight excluding hydrogens is 256 g/mol. The molecule has 21 heavy (non-hydrogen) atoms. The van der Waals surface area contributed by atoms with Gasteiger partial charge in [-0.25, -0.2) is 0 Å². The molecule has 2 aromatic rings. The van der Waals surface area contributed by atoms with Crippen LogP contribution in [-0.2, 0) is 6.42 Å². The van der Waals surface area contributed by atoms with E-state index in [1.54, 1.807) is 0 Å². The monoisotopic (exact) mass is 282 g/mol. The van der Waals surface area contributed by atoms with Crippen LogP contribution < -0.4 is 5.32 Å². The fourth-order valence-corrected chi connectivity index (χ4v) is 3.73. The third kappa shape index (κ3) is 3.44. The highest BCUT2D eigenvalue weighted by molar-refractivity contribution is 5.81. The zero-order valence-corrected chi connectivity index (χ0v) is 13.0. The molecule has 2 unspecified atom stereocenters. The summed E-state index contributed by atoms with van der Waals surface area (Å²) in [5, 5.41) is 5.06. The van der Waals surface area contributed by atoms with Gasteiger partial charge in [0.15, 0.2) is 0 Å². The van der Waals surface area contributed by atoms with Gasteiger partial charge in [0.1, 0.15) is 0 Å². The second-order valence-corrected chi connectivity index (χ2v) is 6.26. The molecule has 0 saturated heterocycles. The van der Waals surface area contributed by atoms with Crippen molar-refractivity contribution < 1.29 is 0 Å². The Morgan fingerprint density at radius 2 is 2.00 bits per heavy atom. The first-order chi connectivity index (χ1) is 10.4. The zero-order valence-electron chi connectivity index (χ0n) is 13.0. The van der Waals surface area contributed by atoms with Gasteiger partial charge in [0.05, 0.1) is 5.52 Å². The molecule has 0 spiro atoms. The molecule has 2 heteroatoms. The number of nitrogens with one attached hydrogen (secondary N) is 1. The van der Waals surface area contributed by atoms with Crippen molar-refractivity contribution in [3.8, 4) is 0 Å². The van der Waals surface area contributed by atoms with Crippen molar-refractivity contribution in [1.82, 2.24) is 10.3 Å². The highest BCUT2D eigenvalue weighted by Gasteiger charge is 2.22. The predicted molar refractivity (Wildman–Crippen MR) is 89.5 cm³/mol. The molecule has 1 aromatic carbocycles. The van der Waals surface area contributed by atoms with Crippen LogP contribution in [0.25, 0.3) is 10.9 Å². The van der Waals surface area contributed by atoms with Gasteiger partial charge in [-0.2, -0.15) is 0 Å². The maximum Gasteiger partial charge on any atom is 0.0734 e. The van der Waals surface area contributed by atoms with Gasteiger partial charge < -0.3 is 5.32 Å². The Labute approximate surface area is 128 Å². The summed E-state index contributed by atoms with van der Waals surface area (Å²) in [6.45, 7) is 3.40. The van der Waals surface area contributed by atoms with Gasteiger partial charge in [0.2, 0.25) is 0 Å². The van der Waals surface area contributed by atoms with E-state index in [0.717, 1.165) is 30.4 Å². The third-order valence-electron chi connectivity index (χ3n) is 4.95. The second kappa shape index (κ2) is 7.04. The van der Waals surface area contributed by atoms with Crippen molar-refractivity contribution in [2.24, 2.45) is 5.92 Å². The van der Waals surface area contributed by atoms with Gasteiger partial charge in [0.25, 0.3) is 0 Å².